The van der Waals surface area contributed by atoms with Gasteiger partial charge in [-0.25, -0.2) is 0 Å². The molecule has 1 N–H and O–H groups in total. The van der Waals surface area contributed by atoms with E-state index in [1.807, 2.05) is 6.20 Å². The minimum Gasteiger partial charge on any atom is -0.316 e. The number of hydrogen-bond acceptors (Lipinski definition) is 2. The van der Waals surface area contributed by atoms with Crippen molar-refractivity contribution in [2.24, 2.45) is 11.8 Å². The second-order valence-electron chi connectivity index (χ2n) is 6.40. The van der Waals surface area contributed by atoms with E-state index in [1.54, 1.807) is 0 Å². The highest BCUT2D eigenvalue weighted by Crippen LogP contribution is 2.40. The summed E-state index contributed by atoms with van der Waals surface area (Å²) < 4.78 is 2.09. The molecule has 1 fully saturated rings. The molecule has 1 aliphatic rings. The van der Waals surface area contributed by atoms with Gasteiger partial charge in [0.2, 0.25) is 0 Å². The number of rotatable bonds is 6. The van der Waals surface area contributed by atoms with Crippen LogP contribution >= 0.6 is 11.6 Å². The van der Waals surface area contributed by atoms with E-state index in [1.165, 1.54) is 31.4 Å². The Labute approximate surface area is 128 Å². The fraction of sp³-hybridized carbons (Fsp3) is 0.812. The third-order valence-electron chi connectivity index (χ3n) is 4.35. The van der Waals surface area contributed by atoms with E-state index in [9.17, 15) is 0 Å². The monoisotopic (exact) mass is 297 g/mol. The number of aryl methyl sites for hydroxylation is 1. The minimum absolute atomic E-state index is 0.568. The largest absolute Gasteiger partial charge is 0.316 e. The van der Waals surface area contributed by atoms with Gasteiger partial charge in [-0.05, 0) is 44.7 Å². The van der Waals surface area contributed by atoms with E-state index in [-0.39, 0.29) is 0 Å². The fourth-order valence-electron chi connectivity index (χ4n) is 3.36. The molecule has 2 rings (SSSR count). The highest BCUT2D eigenvalue weighted by molar-refractivity contribution is 6.31. The van der Waals surface area contributed by atoms with Crippen molar-refractivity contribution >= 4 is 11.6 Å². The van der Waals surface area contributed by atoms with Crippen LogP contribution in [-0.2, 0) is 6.54 Å². The van der Waals surface area contributed by atoms with Gasteiger partial charge in [0.15, 0.2) is 0 Å². The molecule has 2 atom stereocenters. The third kappa shape index (κ3) is 3.76. The molecule has 1 aromatic heterocycles. The van der Waals surface area contributed by atoms with Gasteiger partial charge >= 0.3 is 0 Å². The molecule has 0 spiro atoms. The van der Waals surface area contributed by atoms with Gasteiger partial charge < -0.3 is 5.32 Å². The van der Waals surface area contributed by atoms with Crippen LogP contribution in [0.4, 0.5) is 0 Å². The predicted molar refractivity (Wildman–Crippen MR) is 85.3 cm³/mol. The first-order chi connectivity index (χ1) is 9.63. The summed E-state index contributed by atoms with van der Waals surface area (Å²) in [7, 11) is 0. The SMILES string of the molecule is CCn1ncc(Cl)c1C1CCCCC1CNCC(C)C. The summed E-state index contributed by atoms with van der Waals surface area (Å²) >= 11 is 6.40. The lowest BCUT2D eigenvalue weighted by Crippen LogP contribution is -2.32. The molecule has 114 valence electrons. The van der Waals surface area contributed by atoms with E-state index < -0.39 is 0 Å². The number of nitrogens with one attached hydrogen (secondary N) is 1. The van der Waals surface area contributed by atoms with Gasteiger partial charge in [0.1, 0.15) is 0 Å². The molecule has 4 heteroatoms. The average molecular weight is 298 g/mol. The van der Waals surface area contributed by atoms with Crippen molar-refractivity contribution in [1.29, 1.82) is 0 Å². The van der Waals surface area contributed by atoms with Crippen LogP contribution in [0.25, 0.3) is 0 Å². The number of hydrogen-bond donors (Lipinski definition) is 1. The van der Waals surface area contributed by atoms with Crippen LogP contribution in [0.3, 0.4) is 0 Å². The van der Waals surface area contributed by atoms with Crippen molar-refractivity contribution in [3.63, 3.8) is 0 Å². The maximum atomic E-state index is 6.40. The molecule has 20 heavy (non-hydrogen) atoms. The van der Waals surface area contributed by atoms with Gasteiger partial charge in [-0.1, -0.05) is 38.3 Å². The first-order valence-electron chi connectivity index (χ1n) is 8.05. The highest BCUT2D eigenvalue weighted by Gasteiger charge is 2.30. The van der Waals surface area contributed by atoms with Gasteiger partial charge in [-0.2, -0.15) is 5.10 Å². The summed E-state index contributed by atoms with van der Waals surface area (Å²) in [6, 6.07) is 0. The van der Waals surface area contributed by atoms with Gasteiger partial charge in [-0.3, -0.25) is 4.68 Å². The Kier molecular flexibility index (Phi) is 5.91. The molecule has 0 aromatic carbocycles. The van der Waals surface area contributed by atoms with Crippen LogP contribution < -0.4 is 5.32 Å². The smallest absolute Gasteiger partial charge is 0.0820 e. The van der Waals surface area contributed by atoms with Gasteiger partial charge in [0, 0.05) is 12.5 Å². The Morgan fingerprint density at radius 3 is 2.85 bits per heavy atom. The van der Waals surface area contributed by atoms with E-state index in [2.05, 4.69) is 35.9 Å². The van der Waals surface area contributed by atoms with Crippen LogP contribution in [0.1, 0.15) is 58.1 Å². The molecule has 1 aliphatic carbocycles. The van der Waals surface area contributed by atoms with E-state index >= 15 is 0 Å². The van der Waals surface area contributed by atoms with E-state index in [4.69, 9.17) is 11.6 Å². The molecule has 1 saturated carbocycles. The maximum absolute atomic E-state index is 6.40. The summed E-state index contributed by atoms with van der Waals surface area (Å²) in [6.45, 7) is 9.77. The third-order valence-corrected chi connectivity index (χ3v) is 4.64. The number of aromatic nitrogens is 2. The first-order valence-corrected chi connectivity index (χ1v) is 8.43. The first kappa shape index (κ1) is 15.8. The molecule has 0 aliphatic heterocycles. The fourth-order valence-corrected chi connectivity index (χ4v) is 3.64. The summed E-state index contributed by atoms with van der Waals surface area (Å²) in [4.78, 5) is 0. The lowest BCUT2D eigenvalue weighted by atomic mass is 9.77. The predicted octanol–water partition coefficient (Wildman–Crippen LogP) is 4.08. The van der Waals surface area contributed by atoms with Gasteiger partial charge in [-0.15, -0.1) is 0 Å². The van der Waals surface area contributed by atoms with Gasteiger partial charge in [0.05, 0.1) is 16.9 Å². The second kappa shape index (κ2) is 7.46. The van der Waals surface area contributed by atoms with Crippen molar-refractivity contribution in [3.8, 4) is 0 Å². The minimum atomic E-state index is 0.568. The molecular weight excluding hydrogens is 270 g/mol. The van der Waals surface area contributed by atoms with Gasteiger partial charge in [0.25, 0.3) is 0 Å². The van der Waals surface area contributed by atoms with Crippen molar-refractivity contribution in [1.82, 2.24) is 15.1 Å². The van der Waals surface area contributed by atoms with Crippen LogP contribution in [0.2, 0.25) is 5.02 Å². The highest BCUT2D eigenvalue weighted by atomic mass is 35.5. The molecule has 0 amide bonds. The summed E-state index contributed by atoms with van der Waals surface area (Å²) in [5, 5.41) is 8.90. The molecule has 0 radical (unpaired) electrons. The average Bonchev–Trinajstić information content (AvgIpc) is 2.80. The lowest BCUT2D eigenvalue weighted by molar-refractivity contribution is 0.281. The standard InChI is InChI=1S/C16H28ClN3/c1-4-20-16(15(17)11-19-20)14-8-6-5-7-13(14)10-18-9-12(2)3/h11-14,18H,4-10H2,1-3H3. The Hall–Kier alpha value is -0.540. The quantitative estimate of drug-likeness (QED) is 0.857. The molecule has 2 unspecified atom stereocenters. The summed E-state index contributed by atoms with van der Waals surface area (Å²) in [5.74, 6) is 1.97. The zero-order valence-corrected chi connectivity index (χ0v) is 13.8. The zero-order chi connectivity index (χ0) is 14.5. The van der Waals surface area contributed by atoms with Crippen molar-refractivity contribution in [2.75, 3.05) is 13.1 Å². The molecule has 1 heterocycles. The molecule has 0 saturated heterocycles. The molecule has 1 aromatic rings. The maximum Gasteiger partial charge on any atom is 0.0820 e. The van der Waals surface area contributed by atoms with Crippen molar-refractivity contribution < 1.29 is 0 Å². The Morgan fingerprint density at radius 1 is 1.40 bits per heavy atom. The normalized spacial score (nSPS) is 23.4. The zero-order valence-electron chi connectivity index (χ0n) is 13.0. The topological polar surface area (TPSA) is 29.9 Å². The lowest BCUT2D eigenvalue weighted by Gasteiger charge is -2.32. The molecule has 3 nitrogen and oxygen atoms in total. The van der Waals surface area contributed by atoms with Crippen LogP contribution in [0.15, 0.2) is 6.20 Å². The second-order valence-corrected chi connectivity index (χ2v) is 6.80. The van der Waals surface area contributed by atoms with Crippen molar-refractivity contribution in [3.05, 3.63) is 16.9 Å². The molecular formula is C16H28ClN3. The van der Waals surface area contributed by atoms with Crippen LogP contribution in [-0.4, -0.2) is 22.9 Å². The van der Waals surface area contributed by atoms with E-state index in [0.717, 1.165) is 24.7 Å². The Bertz CT molecular complexity index is 414. The Balaban J connectivity index is 2.08. The Morgan fingerprint density at radius 2 is 2.15 bits per heavy atom. The summed E-state index contributed by atoms with van der Waals surface area (Å²) in [6.07, 6.45) is 7.03. The van der Waals surface area contributed by atoms with Crippen LogP contribution in [0.5, 0.6) is 0 Å². The number of halogens is 1. The van der Waals surface area contributed by atoms with Crippen molar-refractivity contribution in [2.45, 2.75) is 58.9 Å². The van der Waals surface area contributed by atoms with E-state index in [0.29, 0.717) is 17.8 Å². The van der Waals surface area contributed by atoms with Crippen LogP contribution in [0, 0.1) is 11.8 Å². The summed E-state index contributed by atoms with van der Waals surface area (Å²) in [5.41, 5.74) is 1.27. The number of nitrogens with zero attached hydrogens (tertiary/aromatic N) is 2. The molecule has 0 bridgehead atoms.